The van der Waals surface area contributed by atoms with Gasteiger partial charge in [-0.25, -0.2) is 8.78 Å². The number of benzene rings is 2. The van der Waals surface area contributed by atoms with Gasteiger partial charge in [0.15, 0.2) is 0 Å². The molecule has 1 heterocycles. The number of carbonyl (C=O) groups excluding carboxylic acids is 1. The minimum atomic E-state index is -0.917. The van der Waals surface area contributed by atoms with Crippen LogP contribution in [0.15, 0.2) is 54.6 Å². The molecule has 0 saturated heterocycles. The van der Waals surface area contributed by atoms with E-state index in [2.05, 4.69) is 15.5 Å². The van der Waals surface area contributed by atoms with Crippen molar-refractivity contribution in [3.05, 3.63) is 71.8 Å². The van der Waals surface area contributed by atoms with E-state index < -0.39 is 17.5 Å². The molecule has 150 valence electrons. The fraction of sp³-hybridized carbons (Fsp3) is 0.190. The van der Waals surface area contributed by atoms with Gasteiger partial charge in [-0.2, -0.15) is 0 Å². The Morgan fingerprint density at radius 3 is 2.45 bits per heavy atom. The Bertz CT molecular complexity index is 964. The summed E-state index contributed by atoms with van der Waals surface area (Å²) >= 11 is 0. The molecule has 0 radical (unpaired) electrons. The van der Waals surface area contributed by atoms with Gasteiger partial charge in [0.1, 0.15) is 24.0 Å². The van der Waals surface area contributed by atoms with Crippen molar-refractivity contribution in [2.45, 2.75) is 6.92 Å². The SMILES string of the molecule is CCOc1ccc(-c2ccc(OCCNC(=O)c3ccc(F)cc3F)nn2)cc1. The Balaban J connectivity index is 1.48. The summed E-state index contributed by atoms with van der Waals surface area (Å²) in [5.74, 6) is -1.23. The van der Waals surface area contributed by atoms with Crippen LogP contribution in [0.4, 0.5) is 8.78 Å². The number of rotatable bonds is 8. The molecule has 0 aliphatic rings. The third-order valence-corrected chi connectivity index (χ3v) is 3.91. The van der Waals surface area contributed by atoms with E-state index in [4.69, 9.17) is 9.47 Å². The maximum atomic E-state index is 13.6. The van der Waals surface area contributed by atoms with Crippen molar-refractivity contribution >= 4 is 5.91 Å². The number of hydrogen-bond acceptors (Lipinski definition) is 5. The zero-order valence-corrected chi connectivity index (χ0v) is 15.7. The third-order valence-electron chi connectivity index (χ3n) is 3.91. The summed E-state index contributed by atoms with van der Waals surface area (Å²) in [7, 11) is 0. The smallest absolute Gasteiger partial charge is 0.254 e. The van der Waals surface area contributed by atoms with Gasteiger partial charge >= 0.3 is 0 Å². The molecule has 0 atom stereocenters. The largest absolute Gasteiger partial charge is 0.494 e. The molecule has 0 saturated carbocycles. The molecular weight excluding hydrogens is 380 g/mol. The van der Waals surface area contributed by atoms with Crippen LogP contribution < -0.4 is 14.8 Å². The molecule has 3 aromatic rings. The predicted molar refractivity (Wildman–Crippen MR) is 103 cm³/mol. The molecule has 0 aliphatic heterocycles. The highest BCUT2D eigenvalue weighted by Gasteiger charge is 2.12. The zero-order valence-electron chi connectivity index (χ0n) is 15.7. The van der Waals surface area contributed by atoms with Crippen LogP contribution in [0, 0.1) is 11.6 Å². The second-order valence-electron chi connectivity index (χ2n) is 5.94. The van der Waals surface area contributed by atoms with E-state index in [-0.39, 0.29) is 18.7 Å². The first-order valence-corrected chi connectivity index (χ1v) is 9.00. The Morgan fingerprint density at radius 1 is 1.00 bits per heavy atom. The van der Waals surface area contributed by atoms with E-state index in [0.29, 0.717) is 24.2 Å². The quantitative estimate of drug-likeness (QED) is 0.586. The van der Waals surface area contributed by atoms with Crippen LogP contribution >= 0.6 is 0 Å². The summed E-state index contributed by atoms with van der Waals surface area (Å²) in [4.78, 5) is 11.9. The third kappa shape index (κ3) is 5.47. The number of amides is 1. The topological polar surface area (TPSA) is 73.3 Å². The van der Waals surface area contributed by atoms with Crippen LogP contribution in [0.3, 0.4) is 0 Å². The minimum absolute atomic E-state index is 0.117. The lowest BCUT2D eigenvalue weighted by atomic mass is 10.1. The summed E-state index contributed by atoms with van der Waals surface area (Å²) in [6.07, 6.45) is 0. The van der Waals surface area contributed by atoms with E-state index in [9.17, 15) is 13.6 Å². The molecule has 0 fully saturated rings. The molecule has 2 aromatic carbocycles. The molecule has 29 heavy (non-hydrogen) atoms. The number of halogens is 2. The average molecular weight is 399 g/mol. The minimum Gasteiger partial charge on any atom is -0.494 e. The molecule has 0 unspecified atom stereocenters. The van der Waals surface area contributed by atoms with Crippen LogP contribution in [0.25, 0.3) is 11.3 Å². The first-order valence-electron chi connectivity index (χ1n) is 9.00. The summed E-state index contributed by atoms with van der Waals surface area (Å²) in [6, 6.07) is 13.7. The maximum absolute atomic E-state index is 13.6. The molecule has 1 aromatic heterocycles. The maximum Gasteiger partial charge on any atom is 0.254 e. The summed E-state index contributed by atoms with van der Waals surface area (Å²) in [6.45, 7) is 2.76. The van der Waals surface area contributed by atoms with E-state index in [0.717, 1.165) is 23.4 Å². The fourth-order valence-corrected chi connectivity index (χ4v) is 2.53. The molecule has 1 N–H and O–H groups in total. The van der Waals surface area contributed by atoms with Crippen molar-refractivity contribution in [1.82, 2.24) is 15.5 Å². The molecule has 0 spiro atoms. The molecule has 6 nitrogen and oxygen atoms in total. The van der Waals surface area contributed by atoms with E-state index in [1.165, 1.54) is 0 Å². The van der Waals surface area contributed by atoms with Crippen molar-refractivity contribution in [1.29, 1.82) is 0 Å². The van der Waals surface area contributed by atoms with E-state index in [1.807, 2.05) is 31.2 Å². The van der Waals surface area contributed by atoms with Crippen LogP contribution in [-0.4, -0.2) is 35.9 Å². The highest BCUT2D eigenvalue weighted by molar-refractivity contribution is 5.94. The van der Waals surface area contributed by atoms with Gasteiger partial charge in [-0.3, -0.25) is 4.79 Å². The van der Waals surface area contributed by atoms with Crippen LogP contribution in [0.5, 0.6) is 11.6 Å². The number of hydrogen-bond donors (Lipinski definition) is 1. The standard InChI is InChI=1S/C21H19F2N3O3/c1-2-28-16-6-3-14(4-7-16)19-9-10-20(26-25-19)29-12-11-24-21(27)17-8-5-15(22)13-18(17)23/h3-10,13H,2,11-12H2,1H3,(H,24,27). The fourth-order valence-electron chi connectivity index (χ4n) is 2.53. The van der Waals surface area contributed by atoms with Gasteiger partial charge in [-0.05, 0) is 49.4 Å². The Labute approximate surface area is 166 Å². The molecule has 0 bridgehead atoms. The van der Waals surface area contributed by atoms with Gasteiger partial charge in [0.25, 0.3) is 5.91 Å². The van der Waals surface area contributed by atoms with Gasteiger partial charge < -0.3 is 14.8 Å². The number of aromatic nitrogens is 2. The van der Waals surface area contributed by atoms with Gasteiger partial charge in [0, 0.05) is 17.7 Å². The summed E-state index contributed by atoms with van der Waals surface area (Å²) in [5, 5.41) is 10.6. The van der Waals surface area contributed by atoms with Crippen molar-refractivity contribution in [2.75, 3.05) is 19.8 Å². The Hall–Kier alpha value is -3.55. The van der Waals surface area contributed by atoms with E-state index >= 15 is 0 Å². The molecule has 8 heteroatoms. The highest BCUT2D eigenvalue weighted by Crippen LogP contribution is 2.21. The Kier molecular flexibility index (Phi) is 6.67. The highest BCUT2D eigenvalue weighted by atomic mass is 19.1. The lowest BCUT2D eigenvalue weighted by Crippen LogP contribution is -2.29. The van der Waals surface area contributed by atoms with Gasteiger partial charge in [-0.15, -0.1) is 10.2 Å². The normalized spacial score (nSPS) is 10.4. The average Bonchev–Trinajstić information content (AvgIpc) is 2.72. The Morgan fingerprint density at radius 2 is 1.79 bits per heavy atom. The monoisotopic (exact) mass is 399 g/mol. The lowest BCUT2D eigenvalue weighted by Gasteiger charge is -2.08. The second kappa shape index (κ2) is 9.59. The number of nitrogens with one attached hydrogen (secondary N) is 1. The van der Waals surface area contributed by atoms with Crippen molar-refractivity contribution in [2.24, 2.45) is 0 Å². The first kappa shape index (κ1) is 20.2. The van der Waals surface area contributed by atoms with Crippen molar-refractivity contribution in [3.63, 3.8) is 0 Å². The van der Waals surface area contributed by atoms with E-state index in [1.54, 1.807) is 12.1 Å². The van der Waals surface area contributed by atoms with Crippen LogP contribution in [0.1, 0.15) is 17.3 Å². The van der Waals surface area contributed by atoms with Crippen molar-refractivity contribution in [3.8, 4) is 22.9 Å². The number of ether oxygens (including phenoxy) is 2. The molecule has 1 amide bonds. The lowest BCUT2D eigenvalue weighted by molar-refractivity contribution is 0.0942. The molecule has 3 rings (SSSR count). The van der Waals surface area contributed by atoms with Crippen molar-refractivity contribution < 1.29 is 23.0 Å². The van der Waals surface area contributed by atoms with Crippen LogP contribution in [0.2, 0.25) is 0 Å². The van der Waals surface area contributed by atoms with Gasteiger partial charge in [0.05, 0.1) is 24.4 Å². The predicted octanol–water partition coefficient (Wildman–Crippen LogP) is 3.63. The van der Waals surface area contributed by atoms with Gasteiger partial charge in [-0.1, -0.05) is 0 Å². The summed E-state index contributed by atoms with van der Waals surface area (Å²) in [5.41, 5.74) is 1.34. The van der Waals surface area contributed by atoms with Gasteiger partial charge in [0.2, 0.25) is 5.88 Å². The zero-order chi connectivity index (χ0) is 20.6. The number of nitrogens with zero attached hydrogens (tertiary/aromatic N) is 2. The second-order valence-corrected chi connectivity index (χ2v) is 5.94. The van der Waals surface area contributed by atoms with Crippen LogP contribution in [-0.2, 0) is 0 Å². The summed E-state index contributed by atoms with van der Waals surface area (Å²) < 4.78 is 37.3. The molecule has 0 aliphatic carbocycles. The first-order chi connectivity index (χ1) is 14.1. The number of carbonyl (C=O) groups is 1. The molecular formula is C21H19F2N3O3.